The second-order valence-electron chi connectivity index (χ2n) is 5.23. The molecule has 0 unspecified atom stereocenters. The van der Waals surface area contributed by atoms with Gasteiger partial charge in [0.2, 0.25) is 5.91 Å². The predicted molar refractivity (Wildman–Crippen MR) is 79.2 cm³/mol. The van der Waals surface area contributed by atoms with Crippen LogP contribution in [0.2, 0.25) is 0 Å². The first-order chi connectivity index (χ1) is 10.1. The number of hydrogen-bond acceptors (Lipinski definition) is 3. The van der Waals surface area contributed by atoms with Gasteiger partial charge in [-0.3, -0.25) is 9.59 Å². The molecule has 0 aromatic heterocycles. The third-order valence-corrected chi connectivity index (χ3v) is 3.78. The summed E-state index contributed by atoms with van der Waals surface area (Å²) in [6, 6.07) is 7.38. The number of esters is 1. The summed E-state index contributed by atoms with van der Waals surface area (Å²) in [4.78, 5) is 25.0. The van der Waals surface area contributed by atoms with Crippen LogP contribution in [0.1, 0.15) is 30.9 Å². The number of carbonyl (C=O) groups is 2. The highest BCUT2D eigenvalue weighted by molar-refractivity contribution is 5.75. The number of terminal acetylenes is 1. The van der Waals surface area contributed by atoms with E-state index in [0.29, 0.717) is 25.9 Å². The van der Waals surface area contributed by atoms with Crippen molar-refractivity contribution >= 4 is 11.9 Å². The summed E-state index contributed by atoms with van der Waals surface area (Å²) < 4.78 is 5.34. The average molecular weight is 285 g/mol. The lowest BCUT2D eigenvalue weighted by Crippen LogP contribution is -2.39. The van der Waals surface area contributed by atoms with E-state index in [1.807, 2.05) is 24.3 Å². The molecule has 1 amide bonds. The second-order valence-corrected chi connectivity index (χ2v) is 5.23. The quantitative estimate of drug-likeness (QED) is 0.630. The number of amides is 1. The molecule has 0 spiro atoms. The zero-order valence-corrected chi connectivity index (χ0v) is 12.2. The van der Waals surface area contributed by atoms with Crippen LogP contribution in [0.15, 0.2) is 24.3 Å². The van der Waals surface area contributed by atoms with Gasteiger partial charge in [-0.25, -0.2) is 0 Å². The molecule has 0 aliphatic carbocycles. The maximum Gasteiger partial charge on any atom is 0.309 e. The third-order valence-electron chi connectivity index (χ3n) is 3.78. The molecule has 0 radical (unpaired) electrons. The molecule has 1 aliphatic heterocycles. The van der Waals surface area contributed by atoms with Crippen molar-refractivity contribution in [3.63, 3.8) is 0 Å². The van der Waals surface area contributed by atoms with E-state index in [4.69, 9.17) is 11.2 Å². The topological polar surface area (TPSA) is 46.6 Å². The van der Waals surface area contributed by atoms with E-state index in [2.05, 4.69) is 5.92 Å². The van der Waals surface area contributed by atoms with Gasteiger partial charge in [0.05, 0.1) is 5.92 Å². The van der Waals surface area contributed by atoms with E-state index in [9.17, 15) is 9.59 Å². The van der Waals surface area contributed by atoms with E-state index in [-0.39, 0.29) is 24.4 Å². The van der Waals surface area contributed by atoms with E-state index >= 15 is 0 Å². The highest BCUT2D eigenvalue weighted by atomic mass is 16.5. The Morgan fingerprint density at radius 3 is 2.43 bits per heavy atom. The van der Waals surface area contributed by atoms with Gasteiger partial charge < -0.3 is 9.64 Å². The molecular formula is C17H19NO3. The number of nitrogens with zero attached hydrogens (tertiary/aromatic N) is 1. The first-order valence-corrected chi connectivity index (χ1v) is 7.08. The summed E-state index contributed by atoms with van der Waals surface area (Å²) in [7, 11) is 0. The number of likely N-dealkylation sites (tertiary alicyclic amines) is 1. The third kappa shape index (κ3) is 4.09. The summed E-state index contributed by atoms with van der Waals surface area (Å²) in [5, 5.41) is 0. The lowest BCUT2D eigenvalue weighted by Gasteiger charge is -2.30. The molecule has 0 saturated carbocycles. The van der Waals surface area contributed by atoms with E-state index in [1.54, 1.807) is 11.8 Å². The molecule has 21 heavy (non-hydrogen) atoms. The van der Waals surface area contributed by atoms with Gasteiger partial charge in [-0.1, -0.05) is 18.1 Å². The smallest absolute Gasteiger partial charge is 0.309 e. The molecule has 1 saturated heterocycles. The fourth-order valence-corrected chi connectivity index (χ4v) is 2.40. The van der Waals surface area contributed by atoms with E-state index in [1.165, 1.54) is 0 Å². The van der Waals surface area contributed by atoms with Crippen LogP contribution in [0.25, 0.3) is 0 Å². The molecule has 110 valence electrons. The first-order valence-electron chi connectivity index (χ1n) is 7.08. The number of benzene rings is 1. The Hall–Kier alpha value is -2.28. The summed E-state index contributed by atoms with van der Waals surface area (Å²) in [6.07, 6.45) is 6.64. The number of rotatable bonds is 3. The molecule has 0 N–H and O–H groups in total. The maximum absolute atomic E-state index is 12.0. The molecule has 2 rings (SSSR count). The standard InChI is InChI=1S/C17H19NO3/c1-3-14-4-6-15(7-5-14)12-21-17(20)16-8-10-18(11-9-16)13(2)19/h1,4-7,16H,8-12H2,2H3. The minimum Gasteiger partial charge on any atom is -0.461 e. The highest BCUT2D eigenvalue weighted by Crippen LogP contribution is 2.19. The number of piperidine rings is 1. The van der Waals surface area contributed by atoms with Crippen LogP contribution in [0, 0.1) is 18.3 Å². The van der Waals surface area contributed by atoms with Crippen molar-refractivity contribution in [2.45, 2.75) is 26.4 Å². The summed E-state index contributed by atoms with van der Waals surface area (Å²) >= 11 is 0. The van der Waals surface area contributed by atoms with Crippen LogP contribution in [-0.2, 0) is 20.9 Å². The van der Waals surface area contributed by atoms with Gasteiger partial charge in [-0.2, -0.15) is 0 Å². The predicted octanol–water partition coefficient (Wildman–Crippen LogP) is 1.97. The Labute approximate surface area is 125 Å². The Morgan fingerprint density at radius 2 is 1.90 bits per heavy atom. The molecule has 0 atom stereocenters. The van der Waals surface area contributed by atoms with Gasteiger partial charge in [0, 0.05) is 25.6 Å². The molecule has 4 heteroatoms. The molecule has 4 nitrogen and oxygen atoms in total. The van der Waals surface area contributed by atoms with Crippen LogP contribution in [0.5, 0.6) is 0 Å². The SMILES string of the molecule is C#Cc1ccc(COC(=O)C2CCN(C(C)=O)CC2)cc1. The number of carbonyl (C=O) groups excluding carboxylic acids is 2. The summed E-state index contributed by atoms with van der Waals surface area (Å²) in [5.41, 5.74) is 1.73. The van der Waals surface area contributed by atoms with Gasteiger partial charge >= 0.3 is 5.97 Å². The zero-order chi connectivity index (χ0) is 15.2. The molecular weight excluding hydrogens is 266 g/mol. The van der Waals surface area contributed by atoms with Crippen molar-refractivity contribution in [2.75, 3.05) is 13.1 Å². The van der Waals surface area contributed by atoms with Crippen molar-refractivity contribution in [1.82, 2.24) is 4.90 Å². The number of hydrogen-bond donors (Lipinski definition) is 0. The van der Waals surface area contributed by atoms with Gasteiger partial charge in [0.15, 0.2) is 0 Å². The van der Waals surface area contributed by atoms with E-state index < -0.39 is 0 Å². The molecule has 1 heterocycles. The van der Waals surface area contributed by atoms with Crippen LogP contribution >= 0.6 is 0 Å². The molecule has 1 fully saturated rings. The first kappa shape index (κ1) is 15.1. The Balaban J connectivity index is 1.80. The number of ether oxygens (including phenoxy) is 1. The fourth-order valence-electron chi connectivity index (χ4n) is 2.40. The van der Waals surface area contributed by atoms with Crippen LogP contribution in [-0.4, -0.2) is 29.9 Å². The second kappa shape index (κ2) is 6.94. The Bertz CT molecular complexity index is 548. The van der Waals surface area contributed by atoms with Crippen LogP contribution in [0.4, 0.5) is 0 Å². The Morgan fingerprint density at radius 1 is 1.29 bits per heavy atom. The largest absolute Gasteiger partial charge is 0.461 e. The lowest BCUT2D eigenvalue weighted by molar-refractivity contribution is -0.152. The maximum atomic E-state index is 12.0. The van der Waals surface area contributed by atoms with Gasteiger partial charge in [0.1, 0.15) is 6.61 Å². The molecule has 1 aromatic carbocycles. The normalized spacial score (nSPS) is 15.3. The van der Waals surface area contributed by atoms with E-state index in [0.717, 1.165) is 11.1 Å². The van der Waals surface area contributed by atoms with Crippen LogP contribution < -0.4 is 0 Å². The van der Waals surface area contributed by atoms with Gasteiger partial charge in [-0.05, 0) is 30.5 Å². The van der Waals surface area contributed by atoms with Crippen molar-refractivity contribution < 1.29 is 14.3 Å². The fraction of sp³-hybridized carbons (Fsp3) is 0.412. The minimum absolute atomic E-state index is 0.0652. The molecule has 0 bridgehead atoms. The van der Waals surface area contributed by atoms with Crippen molar-refractivity contribution in [1.29, 1.82) is 0 Å². The average Bonchev–Trinajstić information content (AvgIpc) is 2.53. The van der Waals surface area contributed by atoms with Crippen molar-refractivity contribution in [3.8, 4) is 12.3 Å². The highest BCUT2D eigenvalue weighted by Gasteiger charge is 2.27. The molecule has 1 aliphatic rings. The monoisotopic (exact) mass is 285 g/mol. The zero-order valence-electron chi connectivity index (χ0n) is 12.2. The van der Waals surface area contributed by atoms with Crippen molar-refractivity contribution in [3.05, 3.63) is 35.4 Å². The summed E-state index contributed by atoms with van der Waals surface area (Å²) in [5.74, 6) is 2.32. The van der Waals surface area contributed by atoms with Crippen LogP contribution in [0.3, 0.4) is 0 Å². The lowest BCUT2D eigenvalue weighted by atomic mass is 9.97. The summed E-state index contributed by atoms with van der Waals surface area (Å²) in [6.45, 7) is 3.08. The molecule has 1 aromatic rings. The van der Waals surface area contributed by atoms with Gasteiger partial charge in [-0.15, -0.1) is 6.42 Å². The van der Waals surface area contributed by atoms with Gasteiger partial charge in [0.25, 0.3) is 0 Å². The van der Waals surface area contributed by atoms with Crippen molar-refractivity contribution in [2.24, 2.45) is 5.92 Å². The minimum atomic E-state index is -0.181. The Kier molecular flexibility index (Phi) is 4.99.